The molecule has 1 aromatic carbocycles. The van der Waals surface area contributed by atoms with E-state index in [1.165, 1.54) is 30.9 Å². The van der Waals surface area contributed by atoms with E-state index in [9.17, 15) is 17.6 Å². The third kappa shape index (κ3) is 4.23. The van der Waals surface area contributed by atoms with Crippen molar-refractivity contribution in [1.29, 1.82) is 0 Å². The molecule has 0 spiro atoms. The van der Waals surface area contributed by atoms with Crippen LogP contribution in [0.5, 0.6) is 0 Å². The van der Waals surface area contributed by atoms with Gasteiger partial charge in [-0.25, -0.2) is 13.8 Å². The molecule has 2 saturated carbocycles. The molecule has 2 fully saturated rings. The lowest BCUT2D eigenvalue weighted by Gasteiger charge is -2.19. The molecule has 0 radical (unpaired) electrons. The molecule has 0 saturated heterocycles. The maximum absolute atomic E-state index is 15.4. The Morgan fingerprint density at radius 2 is 1.94 bits per heavy atom. The number of nitrogens with one attached hydrogen (secondary N) is 2. The van der Waals surface area contributed by atoms with E-state index < -0.39 is 38.7 Å². The van der Waals surface area contributed by atoms with Crippen LogP contribution in [-0.4, -0.2) is 46.9 Å². The van der Waals surface area contributed by atoms with Crippen molar-refractivity contribution in [1.82, 2.24) is 18.8 Å². The lowest BCUT2D eigenvalue weighted by molar-refractivity contribution is 0.468. The SMILES string of the molecule is CN(C1CC1)S(=O)(=O)Nc1ccc(F)c(-c2cc3cnc(NCC4CC4)nc3n(C)c2=O)c1F. The van der Waals surface area contributed by atoms with Crippen LogP contribution in [0.4, 0.5) is 20.4 Å². The fraction of sp³-hybridized carbons (Fsp3) is 0.409. The summed E-state index contributed by atoms with van der Waals surface area (Å²) in [4.78, 5) is 21.7. The number of rotatable bonds is 8. The fourth-order valence-electron chi connectivity index (χ4n) is 3.79. The third-order valence-corrected chi connectivity index (χ3v) is 7.77. The van der Waals surface area contributed by atoms with Gasteiger partial charge in [-0.2, -0.15) is 17.7 Å². The molecule has 5 rings (SSSR count). The molecule has 3 aromatic rings. The minimum atomic E-state index is -4.04. The number of anilines is 2. The van der Waals surface area contributed by atoms with E-state index in [2.05, 4.69) is 20.0 Å². The number of halogens is 2. The minimum absolute atomic E-state index is 0.142. The molecule has 2 aliphatic carbocycles. The summed E-state index contributed by atoms with van der Waals surface area (Å²) in [5.74, 6) is -1.19. The van der Waals surface area contributed by atoms with Crippen LogP contribution in [0.3, 0.4) is 0 Å². The number of benzene rings is 1. The van der Waals surface area contributed by atoms with Gasteiger partial charge in [-0.05, 0) is 49.8 Å². The number of fused-ring (bicyclic) bond motifs is 1. The maximum Gasteiger partial charge on any atom is 0.301 e. The Kier molecular flexibility index (Phi) is 5.52. The smallest absolute Gasteiger partial charge is 0.301 e. The van der Waals surface area contributed by atoms with E-state index in [1.54, 1.807) is 0 Å². The van der Waals surface area contributed by atoms with E-state index in [0.29, 0.717) is 22.9 Å². The molecule has 180 valence electrons. The van der Waals surface area contributed by atoms with Gasteiger partial charge in [0.1, 0.15) is 11.5 Å². The van der Waals surface area contributed by atoms with Gasteiger partial charge >= 0.3 is 10.2 Å². The van der Waals surface area contributed by atoms with E-state index in [0.717, 1.165) is 48.7 Å². The Labute approximate surface area is 195 Å². The van der Waals surface area contributed by atoms with Gasteiger partial charge in [-0.1, -0.05) is 0 Å². The predicted octanol–water partition coefficient (Wildman–Crippen LogP) is 2.85. The third-order valence-electron chi connectivity index (χ3n) is 6.23. The Balaban J connectivity index is 1.54. The summed E-state index contributed by atoms with van der Waals surface area (Å²) in [5, 5.41) is 3.54. The molecule has 2 aromatic heterocycles. The largest absolute Gasteiger partial charge is 0.354 e. The van der Waals surface area contributed by atoms with Gasteiger partial charge in [0.2, 0.25) is 5.95 Å². The summed E-state index contributed by atoms with van der Waals surface area (Å²) in [6.07, 6.45) is 5.24. The second-order valence-electron chi connectivity index (χ2n) is 8.86. The van der Waals surface area contributed by atoms with Gasteiger partial charge in [0.25, 0.3) is 5.56 Å². The quantitative estimate of drug-likeness (QED) is 0.503. The first-order valence-electron chi connectivity index (χ1n) is 11.0. The standard InChI is InChI=1S/C22H24F2N6O3S/c1-29-20-13(11-26-22(27-20)25-10-12-3-4-12)9-15(21(29)31)18-16(23)7-8-17(19(18)24)28-34(32,33)30(2)14-5-6-14/h7-9,11-12,14,28H,3-6,10H2,1-2H3,(H,25,26,27). The van der Waals surface area contributed by atoms with Gasteiger partial charge in [0.05, 0.1) is 16.8 Å². The van der Waals surface area contributed by atoms with Gasteiger partial charge < -0.3 is 5.32 Å². The summed E-state index contributed by atoms with van der Waals surface area (Å²) < 4.78 is 59.8. The zero-order valence-corrected chi connectivity index (χ0v) is 19.5. The van der Waals surface area contributed by atoms with Crippen molar-refractivity contribution >= 4 is 32.9 Å². The molecule has 0 unspecified atom stereocenters. The van der Waals surface area contributed by atoms with Crippen molar-refractivity contribution in [3.05, 3.63) is 46.4 Å². The number of aryl methyl sites for hydroxylation is 1. The highest BCUT2D eigenvalue weighted by Gasteiger charge is 2.35. The van der Waals surface area contributed by atoms with E-state index in [-0.39, 0.29) is 11.6 Å². The average Bonchev–Trinajstić information content (AvgIpc) is 3.71. The highest BCUT2D eigenvalue weighted by atomic mass is 32.2. The fourth-order valence-corrected chi connectivity index (χ4v) is 4.98. The second kappa shape index (κ2) is 8.27. The van der Waals surface area contributed by atoms with Gasteiger partial charge in [-0.3, -0.25) is 14.1 Å². The first-order valence-corrected chi connectivity index (χ1v) is 12.4. The highest BCUT2D eigenvalue weighted by Crippen LogP contribution is 2.33. The first kappa shape index (κ1) is 22.7. The summed E-state index contributed by atoms with van der Waals surface area (Å²) in [6, 6.07) is 3.10. The summed E-state index contributed by atoms with van der Waals surface area (Å²) >= 11 is 0. The topological polar surface area (TPSA) is 109 Å². The lowest BCUT2D eigenvalue weighted by atomic mass is 10.0. The molecule has 0 bridgehead atoms. The van der Waals surface area contributed by atoms with Crippen LogP contribution in [0.25, 0.3) is 22.2 Å². The van der Waals surface area contributed by atoms with Crippen molar-refractivity contribution in [2.75, 3.05) is 23.6 Å². The minimum Gasteiger partial charge on any atom is -0.354 e. The zero-order valence-electron chi connectivity index (χ0n) is 18.7. The van der Waals surface area contributed by atoms with Crippen molar-refractivity contribution in [3.63, 3.8) is 0 Å². The second-order valence-corrected chi connectivity index (χ2v) is 10.6. The lowest BCUT2D eigenvalue weighted by Crippen LogP contribution is -2.34. The van der Waals surface area contributed by atoms with Crippen LogP contribution in [0, 0.1) is 17.6 Å². The Morgan fingerprint density at radius 1 is 1.21 bits per heavy atom. The number of hydrogen-bond acceptors (Lipinski definition) is 6. The normalized spacial score (nSPS) is 16.3. The molecular formula is C22H24F2N6O3S. The molecule has 0 amide bonds. The average molecular weight is 491 g/mol. The molecule has 9 nitrogen and oxygen atoms in total. The van der Waals surface area contributed by atoms with Crippen LogP contribution >= 0.6 is 0 Å². The van der Waals surface area contributed by atoms with E-state index in [1.807, 2.05) is 0 Å². The van der Waals surface area contributed by atoms with Crippen LogP contribution in [-0.2, 0) is 17.3 Å². The number of aromatic nitrogens is 3. The summed E-state index contributed by atoms with van der Waals surface area (Å²) in [7, 11) is -1.18. The Hall–Kier alpha value is -3.12. The summed E-state index contributed by atoms with van der Waals surface area (Å²) in [5.41, 5.74) is -1.68. The number of pyridine rings is 1. The van der Waals surface area contributed by atoms with Crippen molar-refractivity contribution in [2.24, 2.45) is 13.0 Å². The van der Waals surface area contributed by atoms with Crippen molar-refractivity contribution < 1.29 is 17.2 Å². The first-order chi connectivity index (χ1) is 16.2. The van der Waals surface area contributed by atoms with Crippen molar-refractivity contribution in [2.45, 2.75) is 31.7 Å². The van der Waals surface area contributed by atoms with Crippen molar-refractivity contribution in [3.8, 4) is 11.1 Å². The highest BCUT2D eigenvalue weighted by molar-refractivity contribution is 7.90. The Morgan fingerprint density at radius 3 is 2.62 bits per heavy atom. The molecule has 2 heterocycles. The zero-order chi connectivity index (χ0) is 24.2. The number of nitrogens with zero attached hydrogens (tertiary/aromatic N) is 4. The monoisotopic (exact) mass is 490 g/mol. The molecule has 34 heavy (non-hydrogen) atoms. The molecule has 0 atom stereocenters. The maximum atomic E-state index is 15.4. The molecular weight excluding hydrogens is 466 g/mol. The molecule has 2 aliphatic rings. The van der Waals surface area contributed by atoms with E-state index >= 15 is 4.39 Å². The van der Waals surface area contributed by atoms with Crippen LogP contribution in [0.15, 0.2) is 29.2 Å². The van der Waals surface area contributed by atoms with Gasteiger partial charge in [-0.15, -0.1) is 0 Å². The Bertz CT molecular complexity index is 1450. The molecule has 12 heteroatoms. The molecule has 2 N–H and O–H groups in total. The van der Waals surface area contributed by atoms with Gasteiger partial charge in [0, 0.05) is 38.3 Å². The molecule has 0 aliphatic heterocycles. The summed E-state index contributed by atoms with van der Waals surface area (Å²) in [6.45, 7) is 0.743. The number of hydrogen-bond donors (Lipinski definition) is 2. The predicted molar refractivity (Wildman–Crippen MR) is 125 cm³/mol. The van der Waals surface area contributed by atoms with Crippen LogP contribution in [0.1, 0.15) is 25.7 Å². The van der Waals surface area contributed by atoms with E-state index in [4.69, 9.17) is 0 Å². The van der Waals surface area contributed by atoms with Crippen LogP contribution in [0.2, 0.25) is 0 Å². The van der Waals surface area contributed by atoms with Crippen LogP contribution < -0.4 is 15.6 Å². The van der Waals surface area contributed by atoms with Gasteiger partial charge in [0.15, 0.2) is 5.82 Å².